The molecule has 0 bridgehead atoms. The van der Waals surface area contributed by atoms with Crippen LogP contribution in [0.2, 0.25) is 0 Å². The van der Waals surface area contributed by atoms with Gasteiger partial charge in [0.15, 0.2) is 0 Å². The number of aromatic nitrogens is 2. The van der Waals surface area contributed by atoms with Crippen LogP contribution in [0.25, 0.3) is 11.9 Å². The maximum Gasteiger partial charge on any atom is 0.294 e. The first-order chi connectivity index (χ1) is 16.4. The number of carbonyl (C=O) groups excluding carboxylic acids is 3. The summed E-state index contributed by atoms with van der Waals surface area (Å²) in [4.78, 5) is 43.5. The van der Waals surface area contributed by atoms with Crippen LogP contribution in [-0.2, 0) is 9.59 Å². The quantitative estimate of drug-likeness (QED) is 0.503. The second-order valence-corrected chi connectivity index (χ2v) is 8.62. The molecule has 34 heavy (non-hydrogen) atoms. The van der Waals surface area contributed by atoms with Gasteiger partial charge in [-0.2, -0.15) is 0 Å². The van der Waals surface area contributed by atoms with E-state index in [2.05, 4.69) is 10.3 Å². The molecule has 1 aliphatic heterocycles. The van der Waals surface area contributed by atoms with Crippen LogP contribution < -0.4 is 10.1 Å². The molecular formula is C25H24N4O4S. The van der Waals surface area contributed by atoms with Crippen molar-refractivity contribution in [2.75, 3.05) is 18.5 Å². The monoisotopic (exact) mass is 476 g/mol. The van der Waals surface area contributed by atoms with Gasteiger partial charge in [0.25, 0.3) is 11.1 Å². The van der Waals surface area contributed by atoms with Crippen molar-refractivity contribution in [1.29, 1.82) is 0 Å². The van der Waals surface area contributed by atoms with Gasteiger partial charge >= 0.3 is 0 Å². The Kier molecular flexibility index (Phi) is 6.83. The lowest BCUT2D eigenvalue weighted by Crippen LogP contribution is -2.36. The van der Waals surface area contributed by atoms with Crippen molar-refractivity contribution in [3.8, 4) is 11.6 Å². The Balaban J connectivity index is 1.47. The van der Waals surface area contributed by atoms with E-state index in [4.69, 9.17) is 4.74 Å². The lowest BCUT2D eigenvalue weighted by Gasteiger charge is -2.12. The fraction of sp³-hybridized carbons (Fsp3) is 0.200. The van der Waals surface area contributed by atoms with Crippen molar-refractivity contribution in [2.24, 2.45) is 0 Å². The van der Waals surface area contributed by atoms with Crippen LogP contribution in [-0.4, -0.2) is 44.7 Å². The number of thioether (sulfide) groups is 1. The number of anilines is 1. The normalized spacial score (nSPS) is 14.7. The smallest absolute Gasteiger partial charge is 0.294 e. The third-order valence-electron chi connectivity index (χ3n) is 5.26. The van der Waals surface area contributed by atoms with E-state index < -0.39 is 17.1 Å². The van der Waals surface area contributed by atoms with Crippen LogP contribution >= 0.6 is 11.8 Å². The van der Waals surface area contributed by atoms with Gasteiger partial charge < -0.3 is 14.6 Å². The summed E-state index contributed by atoms with van der Waals surface area (Å²) in [5, 5.41) is 2.23. The van der Waals surface area contributed by atoms with E-state index in [9.17, 15) is 14.4 Å². The Morgan fingerprint density at radius 1 is 1.15 bits per heavy atom. The van der Waals surface area contributed by atoms with Gasteiger partial charge in [0, 0.05) is 23.3 Å². The number of nitrogens with one attached hydrogen (secondary N) is 1. The van der Waals surface area contributed by atoms with E-state index in [1.54, 1.807) is 36.5 Å². The standard InChI is InChI=1S/C25H24N4O4S/c1-4-33-20-10-8-19(9-11-20)27-23(30)15-28-24(31)21(34-25(28)32)14-18-13-16(2)29(17(18)3)22-7-5-6-12-26-22/h5-14H,4,15H2,1-3H3,(H,27,30)/b21-14+. The molecule has 9 heteroatoms. The molecule has 3 aromatic rings. The molecule has 1 saturated heterocycles. The van der Waals surface area contributed by atoms with E-state index in [-0.39, 0.29) is 11.4 Å². The van der Waals surface area contributed by atoms with E-state index >= 15 is 0 Å². The molecule has 3 amide bonds. The Morgan fingerprint density at radius 3 is 2.59 bits per heavy atom. The Labute approximate surface area is 201 Å². The minimum Gasteiger partial charge on any atom is -0.494 e. The molecule has 3 heterocycles. The fourth-order valence-electron chi connectivity index (χ4n) is 3.70. The molecular weight excluding hydrogens is 452 g/mol. The van der Waals surface area contributed by atoms with E-state index in [1.807, 2.05) is 49.6 Å². The second kappa shape index (κ2) is 9.96. The van der Waals surface area contributed by atoms with Crippen LogP contribution in [0.3, 0.4) is 0 Å². The van der Waals surface area contributed by atoms with Crippen molar-refractivity contribution in [3.63, 3.8) is 0 Å². The summed E-state index contributed by atoms with van der Waals surface area (Å²) < 4.78 is 7.37. The van der Waals surface area contributed by atoms with Gasteiger partial charge in [0.05, 0.1) is 11.5 Å². The summed E-state index contributed by atoms with van der Waals surface area (Å²) in [6.45, 7) is 5.96. The van der Waals surface area contributed by atoms with E-state index in [1.165, 1.54) is 0 Å². The number of pyridine rings is 1. The third-order valence-corrected chi connectivity index (χ3v) is 6.17. The molecule has 0 spiro atoms. The highest BCUT2D eigenvalue weighted by atomic mass is 32.2. The number of amides is 3. The fourth-order valence-corrected chi connectivity index (χ4v) is 4.52. The zero-order chi connectivity index (χ0) is 24.2. The van der Waals surface area contributed by atoms with Crippen LogP contribution in [0.5, 0.6) is 5.75 Å². The topological polar surface area (TPSA) is 93.5 Å². The van der Waals surface area contributed by atoms with Crippen molar-refractivity contribution in [3.05, 3.63) is 76.6 Å². The Hall–Kier alpha value is -3.85. The highest BCUT2D eigenvalue weighted by molar-refractivity contribution is 8.18. The van der Waals surface area contributed by atoms with Gasteiger partial charge in [0.1, 0.15) is 18.1 Å². The highest BCUT2D eigenvalue weighted by Gasteiger charge is 2.36. The zero-order valence-corrected chi connectivity index (χ0v) is 19.9. The largest absolute Gasteiger partial charge is 0.494 e. The second-order valence-electron chi connectivity index (χ2n) is 7.62. The van der Waals surface area contributed by atoms with Crippen LogP contribution in [0.1, 0.15) is 23.9 Å². The summed E-state index contributed by atoms with van der Waals surface area (Å²) in [6, 6.07) is 14.5. The van der Waals surface area contributed by atoms with Gasteiger partial charge in [0.2, 0.25) is 5.91 Å². The van der Waals surface area contributed by atoms with Crippen LogP contribution in [0.4, 0.5) is 10.5 Å². The van der Waals surface area contributed by atoms with Crippen molar-refractivity contribution >= 4 is 40.6 Å². The number of rotatable bonds is 7. The molecule has 0 atom stereocenters. The molecule has 2 aromatic heterocycles. The van der Waals surface area contributed by atoms with Crippen molar-refractivity contribution < 1.29 is 19.1 Å². The first-order valence-electron chi connectivity index (χ1n) is 10.8. The molecule has 4 rings (SSSR count). The number of hydrogen-bond donors (Lipinski definition) is 1. The number of imide groups is 1. The summed E-state index contributed by atoms with van der Waals surface area (Å²) in [5.74, 6) is 0.524. The lowest BCUT2D eigenvalue weighted by atomic mass is 10.2. The summed E-state index contributed by atoms with van der Waals surface area (Å²) in [6.07, 6.45) is 3.41. The van der Waals surface area contributed by atoms with Gasteiger partial charge in [-0.05, 0) is 86.6 Å². The van der Waals surface area contributed by atoms with Crippen LogP contribution in [0.15, 0.2) is 59.6 Å². The first kappa shape index (κ1) is 23.3. The van der Waals surface area contributed by atoms with E-state index in [0.29, 0.717) is 18.0 Å². The highest BCUT2D eigenvalue weighted by Crippen LogP contribution is 2.33. The molecule has 0 aliphatic carbocycles. The van der Waals surface area contributed by atoms with E-state index in [0.717, 1.165) is 39.4 Å². The first-order valence-corrected chi connectivity index (χ1v) is 11.6. The molecule has 8 nitrogen and oxygen atoms in total. The maximum absolute atomic E-state index is 12.9. The van der Waals surface area contributed by atoms with Gasteiger partial charge in [-0.3, -0.25) is 19.3 Å². The number of aryl methyl sites for hydroxylation is 1. The zero-order valence-electron chi connectivity index (χ0n) is 19.1. The number of ether oxygens (including phenoxy) is 1. The summed E-state index contributed by atoms with van der Waals surface area (Å²) in [7, 11) is 0. The Morgan fingerprint density at radius 2 is 1.91 bits per heavy atom. The lowest BCUT2D eigenvalue weighted by molar-refractivity contribution is -0.127. The summed E-state index contributed by atoms with van der Waals surface area (Å²) in [5.41, 5.74) is 3.22. The molecule has 0 unspecified atom stereocenters. The minimum atomic E-state index is -0.487. The number of hydrogen-bond acceptors (Lipinski definition) is 6. The average Bonchev–Trinajstić information content (AvgIpc) is 3.25. The molecule has 174 valence electrons. The minimum absolute atomic E-state index is 0.278. The predicted octanol–water partition coefficient (Wildman–Crippen LogP) is 4.56. The maximum atomic E-state index is 12.9. The SMILES string of the molecule is CCOc1ccc(NC(=O)CN2C(=O)S/C(=C/c3cc(C)n(-c4ccccn4)c3C)C2=O)cc1. The molecule has 1 fully saturated rings. The Bertz CT molecular complexity index is 1270. The van der Waals surface area contributed by atoms with Gasteiger partial charge in [-0.1, -0.05) is 6.07 Å². The molecule has 1 N–H and O–H groups in total. The number of carbonyl (C=O) groups is 3. The molecule has 0 radical (unpaired) electrons. The summed E-state index contributed by atoms with van der Waals surface area (Å²) >= 11 is 0.829. The third kappa shape index (κ3) is 4.89. The average molecular weight is 477 g/mol. The van der Waals surface area contributed by atoms with Gasteiger partial charge in [-0.25, -0.2) is 4.98 Å². The number of benzene rings is 1. The molecule has 1 aromatic carbocycles. The molecule has 0 saturated carbocycles. The van der Waals surface area contributed by atoms with Crippen molar-refractivity contribution in [2.45, 2.75) is 20.8 Å². The molecule has 1 aliphatic rings. The predicted molar refractivity (Wildman–Crippen MR) is 132 cm³/mol. The number of nitrogens with zero attached hydrogens (tertiary/aromatic N) is 3. The van der Waals surface area contributed by atoms with Gasteiger partial charge in [-0.15, -0.1) is 0 Å². The van der Waals surface area contributed by atoms with Crippen LogP contribution in [0, 0.1) is 13.8 Å². The van der Waals surface area contributed by atoms with Crippen molar-refractivity contribution in [1.82, 2.24) is 14.5 Å².